The molecule has 1 heterocycles. The molecule has 0 fully saturated rings. The van der Waals surface area contributed by atoms with E-state index in [9.17, 15) is 18.0 Å². The van der Waals surface area contributed by atoms with Crippen LogP contribution >= 0.6 is 0 Å². The topological polar surface area (TPSA) is 91.2 Å². The molecule has 0 aliphatic rings. The van der Waals surface area contributed by atoms with Crippen LogP contribution in [-0.2, 0) is 15.7 Å². The zero-order valence-electron chi connectivity index (χ0n) is 11.7. The predicted octanol–water partition coefficient (Wildman–Crippen LogP) is 2.48. The first-order chi connectivity index (χ1) is 10.8. The Bertz CT molecular complexity index is 695. The van der Waals surface area contributed by atoms with Gasteiger partial charge in [-0.2, -0.15) is 18.2 Å². The minimum Gasteiger partial charge on any atom is -0.367 e. The minimum atomic E-state index is -4.71. The second-order valence-corrected chi connectivity index (χ2v) is 4.45. The molecule has 23 heavy (non-hydrogen) atoms. The number of aromatic nitrogens is 2. The van der Waals surface area contributed by atoms with Gasteiger partial charge in [0, 0.05) is 5.56 Å². The van der Waals surface area contributed by atoms with Crippen molar-refractivity contribution in [1.29, 1.82) is 0 Å². The molecule has 0 aliphatic heterocycles. The molecule has 9 heteroatoms. The first kappa shape index (κ1) is 16.7. The Morgan fingerprint density at radius 2 is 2.04 bits per heavy atom. The summed E-state index contributed by atoms with van der Waals surface area (Å²) in [7, 11) is 0. The number of rotatable bonds is 6. The summed E-state index contributed by atoms with van der Waals surface area (Å²) in [6.07, 6.45) is -4.23. The molecule has 0 radical (unpaired) electrons. The van der Waals surface area contributed by atoms with E-state index in [-0.39, 0.29) is 12.4 Å². The molecule has 0 saturated heterocycles. The van der Waals surface area contributed by atoms with Gasteiger partial charge in [0.05, 0.1) is 6.61 Å². The van der Waals surface area contributed by atoms with Crippen LogP contribution in [0.2, 0.25) is 0 Å². The molecule has 1 atom stereocenters. The van der Waals surface area contributed by atoms with Gasteiger partial charge in [-0.1, -0.05) is 35.5 Å². The monoisotopic (exact) mass is 327 g/mol. The summed E-state index contributed by atoms with van der Waals surface area (Å²) in [6.45, 7) is 3.59. The number of halogens is 3. The normalized spacial score (nSPS) is 12.8. The van der Waals surface area contributed by atoms with Crippen LogP contribution in [0.1, 0.15) is 17.6 Å². The van der Waals surface area contributed by atoms with Crippen LogP contribution in [0.25, 0.3) is 11.4 Å². The summed E-state index contributed by atoms with van der Waals surface area (Å²) in [4.78, 5) is 14.6. The average Bonchev–Trinajstić information content (AvgIpc) is 2.98. The lowest BCUT2D eigenvalue weighted by atomic mass is 10.1. The average molecular weight is 327 g/mol. The van der Waals surface area contributed by atoms with Gasteiger partial charge in [0.2, 0.25) is 5.82 Å². The van der Waals surface area contributed by atoms with Crippen LogP contribution in [0.4, 0.5) is 13.2 Å². The Balaban J connectivity index is 2.23. The van der Waals surface area contributed by atoms with E-state index in [1.165, 1.54) is 30.3 Å². The van der Waals surface area contributed by atoms with Gasteiger partial charge in [-0.05, 0) is 5.56 Å². The highest BCUT2D eigenvalue weighted by Crippen LogP contribution is 2.29. The van der Waals surface area contributed by atoms with Crippen LogP contribution in [0, 0.1) is 0 Å². The highest BCUT2D eigenvalue weighted by atomic mass is 19.4. The summed E-state index contributed by atoms with van der Waals surface area (Å²) in [5.41, 5.74) is 5.99. The van der Waals surface area contributed by atoms with E-state index < -0.39 is 24.1 Å². The third kappa shape index (κ3) is 3.95. The molecule has 0 aliphatic carbocycles. The molecule has 0 bridgehead atoms. The highest BCUT2D eigenvalue weighted by molar-refractivity contribution is 5.80. The molecule has 1 aromatic carbocycles. The molecule has 0 saturated carbocycles. The first-order valence-electron chi connectivity index (χ1n) is 6.36. The van der Waals surface area contributed by atoms with Gasteiger partial charge in [-0.25, -0.2) is 0 Å². The molecule has 1 aromatic heterocycles. The quantitative estimate of drug-likeness (QED) is 0.823. The summed E-state index contributed by atoms with van der Waals surface area (Å²) in [5, 5.41) is 3.27. The van der Waals surface area contributed by atoms with Crippen molar-refractivity contribution >= 4 is 5.91 Å². The fourth-order valence-corrected chi connectivity index (χ4v) is 1.77. The van der Waals surface area contributed by atoms with Crippen molar-refractivity contribution in [2.24, 2.45) is 5.73 Å². The Labute approximate surface area is 128 Å². The number of primary amides is 1. The lowest BCUT2D eigenvalue weighted by Gasteiger charge is -2.13. The van der Waals surface area contributed by atoms with Gasteiger partial charge >= 0.3 is 12.1 Å². The van der Waals surface area contributed by atoms with Crippen molar-refractivity contribution in [3.8, 4) is 11.4 Å². The van der Waals surface area contributed by atoms with E-state index in [4.69, 9.17) is 10.5 Å². The van der Waals surface area contributed by atoms with E-state index >= 15 is 0 Å². The Morgan fingerprint density at radius 1 is 1.39 bits per heavy atom. The second kappa shape index (κ2) is 6.61. The number of carbonyl (C=O) groups excluding carboxylic acids is 1. The molecule has 1 unspecified atom stereocenters. The fourth-order valence-electron chi connectivity index (χ4n) is 1.77. The Kier molecular flexibility index (Phi) is 4.80. The third-order valence-corrected chi connectivity index (χ3v) is 2.78. The van der Waals surface area contributed by atoms with Crippen molar-refractivity contribution in [2.75, 3.05) is 6.61 Å². The number of ether oxygens (including phenoxy) is 1. The molecular formula is C14H12F3N3O3. The highest BCUT2D eigenvalue weighted by Gasteiger charge is 2.38. The van der Waals surface area contributed by atoms with E-state index in [1.807, 2.05) is 0 Å². The second-order valence-electron chi connectivity index (χ2n) is 4.45. The van der Waals surface area contributed by atoms with Crippen LogP contribution in [0.3, 0.4) is 0 Å². The standard InChI is InChI=1S/C14H12F3N3O3/c1-2-7-22-10(11(18)21)8-3-5-9(6-4-8)12-19-13(23-20-12)14(15,16)17/h2-6,10H,1,7H2,(H2,18,21). The van der Waals surface area contributed by atoms with E-state index in [0.717, 1.165) is 0 Å². The zero-order valence-corrected chi connectivity index (χ0v) is 11.7. The summed E-state index contributed by atoms with van der Waals surface area (Å²) in [6, 6.07) is 5.84. The fraction of sp³-hybridized carbons (Fsp3) is 0.214. The van der Waals surface area contributed by atoms with Crippen molar-refractivity contribution in [1.82, 2.24) is 10.1 Å². The summed E-state index contributed by atoms with van der Waals surface area (Å²) < 4.78 is 46.7. The van der Waals surface area contributed by atoms with E-state index in [2.05, 4.69) is 21.2 Å². The molecule has 2 rings (SSSR count). The van der Waals surface area contributed by atoms with Crippen molar-refractivity contribution in [2.45, 2.75) is 12.3 Å². The molecule has 0 spiro atoms. The summed E-state index contributed by atoms with van der Waals surface area (Å²) >= 11 is 0. The molecule has 1 amide bonds. The van der Waals surface area contributed by atoms with E-state index in [0.29, 0.717) is 11.1 Å². The van der Waals surface area contributed by atoms with Gasteiger partial charge in [0.25, 0.3) is 5.91 Å². The maximum Gasteiger partial charge on any atom is 0.471 e. The van der Waals surface area contributed by atoms with E-state index in [1.54, 1.807) is 0 Å². The van der Waals surface area contributed by atoms with Crippen LogP contribution < -0.4 is 5.73 Å². The summed E-state index contributed by atoms with van der Waals surface area (Å²) in [5.74, 6) is -2.34. The number of benzene rings is 1. The zero-order chi connectivity index (χ0) is 17.0. The largest absolute Gasteiger partial charge is 0.471 e. The number of hydrogen-bond acceptors (Lipinski definition) is 5. The number of hydrogen-bond donors (Lipinski definition) is 1. The number of amides is 1. The van der Waals surface area contributed by atoms with Crippen molar-refractivity contribution in [3.63, 3.8) is 0 Å². The molecule has 2 N–H and O–H groups in total. The van der Waals surface area contributed by atoms with Crippen LogP contribution in [0.15, 0.2) is 41.4 Å². The number of nitrogens with two attached hydrogens (primary N) is 1. The molecule has 6 nitrogen and oxygen atoms in total. The number of nitrogens with zero attached hydrogens (tertiary/aromatic N) is 2. The van der Waals surface area contributed by atoms with Crippen LogP contribution in [-0.4, -0.2) is 22.7 Å². The van der Waals surface area contributed by atoms with Gasteiger partial charge in [-0.15, -0.1) is 6.58 Å². The SMILES string of the molecule is C=CCOC(C(N)=O)c1ccc(-c2noc(C(F)(F)F)n2)cc1. The van der Waals surface area contributed by atoms with Crippen molar-refractivity contribution < 1.29 is 27.2 Å². The Hall–Kier alpha value is -2.68. The smallest absolute Gasteiger partial charge is 0.367 e. The van der Waals surface area contributed by atoms with Gasteiger partial charge in [0.15, 0.2) is 6.10 Å². The first-order valence-corrected chi connectivity index (χ1v) is 6.36. The van der Waals surface area contributed by atoms with Gasteiger partial charge < -0.3 is 15.0 Å². The lowest BCUT2D eigenvalue weighted by molar-refractivity contribution is -0.159. The van der Waals surface area contributed by atoms with Crippen molar-refractivity contribution in [3.05, 3.63) is 48.4 Å². The molecule has 122 valence electrons. The number of alkyl halides is 3. The number of carbonyl (C=O) groups is 1. The molecular weight excluding hydrogens is 315 g/mol. The minimum absolute atomic E-state index is 0.120. The third-order valence-electron chi connectivity index (χ3n) is 2.78. The predicted molar refractivity (Wildman–Crippen MR) is 72.8 cm³/mol. The Morgan fingerprint density at radius 3 is 2.52 bits per heavy atom. The maximum absolute atomic E-state index is 12.4. The van der Waals surface area contributed by atoms with Gasteiger partial charge in [0.1, 0.15) is 0 Å². The maximum atomic E-state index is 12.4. The van der Waals surface area contributed by atoms with Crippen LogP contribution in [0.5, 0.6) is 0 Å². The molecule has 2 aromatic rings. The van der Waals surface area contributed by atoms with Gasteiger partial charge in [-0.3, -0.25) is 4.79 Å². The lowest BCUT2D eigenvalue weighted by Crippen LogP contribution is -2.23.